The van der Waals surface area contributed by atoms with Gasteiger partial charge in [-0.2, -0.15) is 0 Å². The fourth-order valence-electron chi connectivity index (χ4n) is 6.87. The van der Waals surface area contributed by atoms with Crippen molar-refractivity contribution < 1.29 is 33.7 Å². The Labute approximate surface area is 388 Å². The topological polar surface area (TPSA) is 236 Å². The van der Waals surface area contributed by atoms with Crippen LogP contribution in [0.5, 0.6) is 0 Å². The number of rotatable bonds is 8. The number of carbonyl (C=O) groups excluding carboxylic acids is 2. The minimum Gasteiger partial charge on any atom is -0.481 e. The van der Waals surface area contributed by atoms with Crippen molar-refractivity contribution in [3.05, 3.63) is 92.1 Å². The zero-order valence-electron chi connectivity index (χ0n) is 35.2. The number of fused-ring (bicyclic) bond motifs is 2. The molecule has 2 aliphatic heterocycles. The van der Waals surface area contributed by atoms with Crippen molar-refractivity contribution in [3.63, 3.8) is 0 Å². The molecule has 17 nitrogen and oxygen atoms in total. The number of hydrogen-bond donors (Lipinski definition) is 5. The van der Waals surface area contributed by atoms with Crippen LogP contribution in [0.2, 0.25) is 20.1 Å². The third-order valence-electron chi connectivity index (χ3n) is 10.2. The summed E-state index contributed by atoms with van der Waals surface area (Å²) >= 11 is 24.8. The number of carboxylic acids is 1. The average molecular weight is 959 g/mol. The lowest BCUT2D eigenvalue weighted by Gasteiger charge is -2.20. The smallest absolute Gasteiger partial charge is 0.407 e. The van der Waals surface area contributed by atoms with Crippen LogP contribution in [0.25, 0.3) is 33.5 Å². The molecule has 2 aliphatic rings. The third-order valence-corrected chi connectivity index (χ3v) is 11.3. The molecular weight excluding hydrogens is 910 g/mol. The number of nitrogen functional groups attached to an aromatic ring is 1. The number of nitrogens with zero attached hydrogens (tertiary/aromatic N) is 6. The Balaban J connectivity index is 0.000000178. The molecule has 21 heteroatoms. The molecule has 0 spiro atoms. The van der Waals surface area contributed by atoms with E-state index in [4.69, 9.17) is 77.2 Å². The Morgan fingerprint density at radius 3 is 1.80 bits per heavy atom. The van der Waals surface area contributed by atoms with Crippen LogP contribution >= 0.6 is 46.4 Å². The first kappa shape index (κ1) is 48.2. The van der Waals surface area contributed by atoms with Crippen LogP contribution in [-0.2, 0) is 36.9 Å². The maximum Gasteiger partial charge on any atom is 0.407 e. The van der Waals surface area contributed by atoms with E-state index in [1.807, 2.05) is 24.4 Å². The van der Waals surface area contributed by atoms with E-state index in [0.29, 0.717) is 96.0 Å². The summed E-state index contributed by atoms with van der Waals surface area (Å²) in [5.41, 5.74) is 17.2. The third kappa shape index (κ3) is 12.5. The van der Waals surface area contributed by atoms with Gasteiger partial charge in [0.25, 0.3) is 0 Å². The van der Waals surface area contributed by atoms with Gasteiger partial charge < -0.3 is 36.1 Å². The number of hydrogen-bond acceptors (Lipinski definition) is 12. The van der Waals surface area contributed by atoms with Crippen LogP contribution in [0.15, 0.2) is 60.9 Å². The van der Waals surface area contributed by atoms with Crippen molar-refractivity contribution in [1.29, 1.82) is 0 Å². The van der Waals surface area contributed by atoms with Crippen LogP contribution in [0, 0.1) is 11.8 Å². The molecule has 0 bridgehead atoms. The number of amides is 2. The summed E-state index contributed by atoms with van der Waals surface area (Å²) in [6.45, 7) is 8.33. The van der Waals surface area contributed by atoms with E-state index in [2.05, 4.69) is 31.0 Å². The molecule has 0 atom stereocenters. The highest BCUT2D eigenvalue weighted by molar-refractivity contribution is 6.37. The SMILES string of the molecule is CC(C)(C)OC(=O)NCc1cc2nnc(N)n2cc1-c1ccc(Cl)cc1Cl.NCc1cc2nnc(NC(=O)C3CCOCC3)n2cc1-c1ccc(Cl)cc1Cl.O=C(O)C1CCOCC1. The van der Waals surface area contributed by atoms with Gasteiger partial charge in [0, 0.05) is 100 Å². The number of aliphatic carboxylic acids is 1. The van der Waals surface area contributed by atoms with Gasteiger partial charge >= 0.3 is 12.1 Å². The molecule has 6 heterocycles. The summed E-state index contributed by atoms with van der Waals surface area (Å²) in [6, 6.07) is 14.1. The van der Waals surface area contributed by atoms with Crippen LogP contribution in [0.4, 0.5) is 16.7 Å². The van der Waals surface area contributed by atoms with Gasteiger partial charge in [0.2, 0.25) is 17.8 Å². The highest BCUT2D eigenvalue weighted by Crippen LogP contribution is 2.35. The van der Waals surface area contributed by atoms with E-state index in [-0.39, 0.29) is 30.2 Å². The number of alkyl carbamates (subject to hydrolysis) is 1. The Hall–Kier alpha value is -5.27. The summed E-state index contributed by atoms with van der Waals surface area (Å²) in [6.07, 6.45) is 5.86. The Bertz CT molecular complexity index is 2620. The first-order valence-corrected chi connectivity index (χ1v) is 21.8. The summed E-state index contributed by atoms with van der Waals surface area (Å²) in [7, 11) is 0. The largest absolute Gasteiger partial charge is 0.481 e. The van der Waals surface area contributed by atoms with Crippen molar-refractivity contribution in [2.24, 2.45) is 17.6 Å². The molecule has 0 unspecified atom stereocenters. The van der Waals surface area contributed by atoms with Gasteiger partial charge in [0.1, 0.15) is 5.60 Å². The normalized spacial score (nSPS) is 14.6. The molecule has 4 aromatic heterocycles. The number of pyridine rings is 2. The Kier molecular flexibility index (Phi) is 16.3. The summed E-state index contributed by atoms with van der Waals surface area (Å²) in [5.74, 6) is -0.386. The quantitative estimate of drug-likeness (QED) is 0.0966. The van der Waals surface area contributed by atoms with Gasteiger partial charge in [0.05, 0.1) is 5.92 Å². The lowest BCUT2D eigenvalue weighted by atomic mass is 10.00. The van der Waals surface area contributed by atoms with Crippen LogP contribution in [0.3, 0.4) is 0 Å². The predicted molar refractivity (Wildman–Crippen MR) is 246 cm³/mol. The standard InChI is InChI=1S/C19H19Cl2N5O2.C18H19Cl2N5O2.C6H10O3/c20-13-1-2-14(16(21)8-13)15-10-26-17(7-12(15)9-22)24-25-19(26)23-18(27)11-3-5-28-6-4-11;1-18(2,3)27-17(26)22-8-10-6-15-23-24-16(21)25(15)9-13(10)12-5-4-11(19)7-14(12)20;7-6(8)5-1-3-9-4-2-5/h1-2,7-8,10-11H,3-6,9,22H2,(H,23,25,27);4-7,9H,8H2,1-3H3,(H2,21,24)(H,22,26);5H,1-4H2,(H,7,8). The maximum absolute atomic E-state index is 12.6. The van der Waals surface area contributed by atoms with E-state index in [0.717, 1.165) is 33.4 Å². The minimum atomic E-state index is -0.682. The molecule has 8 rings (SSSR count). The van der Waals surface area contributed by atoms with Crippen molar-refractivity contribution in [2.45, 2.75) is 65.1 Å². The number of carbonyl (C=O) groups is 3. The van der Waals surface area contributed by atoms with Gasteiger partial charge in [0.15, 0.2) is 11.3 Å². The first-order chi connectivity index (χ1) is 30.5. The Morgan fingerprint density at radius 2 is 1.27 bits per heavy atom. The zero-order valence-corrected chi connectivity index (χ0v) is 38.3. The van der Waals surface area contributed by atoms with Gasteiger partial charge in [-0.15, -0.1) is 20.4 Å². The Morgan fingerprint density at radius 1 is 0.750 bits per heavy atom. The number of nitrogens with one attached hydrogen (secondary N) is 2. The number of halogens is 4. The number of ether oxygens (including phenoxy) is 3. The molecule has 0 aliphatic carbocycles. The summed E-state index contributed by atoms with van der Waals surface area (Å²) in [4.78, 5) is 34.9. The van der Waals surface area contributed by atoms with Crippen LogP contribution < -0.4 is 22.1 Å². The highest BCUT2D eigenvalue weighted by atomic mass is 35.5. The molecule has 2 amide bonds. The maximum atomic E-state index is 12.6. The second-order valence-electron chi connectivity index (χ2n) is 15.9. The van der Waals surface area contributed by atoms with Gasteiger partial charge in [-0.1, -0.05) is 58.5 Å². The molecular formula is C43H48Cl4N10O7. The van der Waals surface area contributed by atoms with E-state index >= 15 is 0 Å². The van der Waals surface area contributed by atoms with Crippen molar-refractivity contribution in [2.75, 3.05) is 37.5 Å². The second-order valence-corrected chi connectivity index (χ2v) is 17.6. The molecule has 2 aromatic carbocycles. The fourth-order valence-corrected chi connectivity index (χ4v) is 7.89. The predicted octanol–water partition coefficient (Wildman–Crippen LogP) is 8.33. The monoisotopic (exact) mass is 956 g/mol. The molecule has 0 saturated carbocycles. The van der Waals surface area contributed by atoms with Crippen molar-refractivity contribution in [1.82, 2.24) is 34.5 Å². The lowest BCUT2D eigenvalue weighted by molar-refractivity contribution is -0.144. The molecule has 340 valence electrons. The summed E-state index contributed by atoms with van der Waals surface area (Å²) < 4.78 is 19.0. The van der Waals surface area contributed by atoms with E-state index < -0.39 is 17.7 Å². The minimum absolute atomic E-state index is 0.0772. The van der Waals surface area contributed by atoms with E-state index in [1.165, 1.54) is 0 Å². The molecule has 0 radical (unpaired) electrons. The fraction of sp³-hybridized carbons (Fsp3) is 0.372. The highest BCUT2D eigenvalue weighted by Gasteiger charge is 2.24. The number of anilines is 2. The second kappa shape index (κ2) is 21.6. The van der Waals surface area contributed by atoms with Crippen molar-refractivity contribution >= 4 is 87.6 Å². The van der Waals surface area contributed by atoms with Gasteiger partial charge in [-0.25, -0.2) is 4.79 Å². The zero-order chi connectivity index (χ0) is 46.1. The lowest BCUT2D eigenvalue weighted by Crippen LogP contribution is -2.32. The number of nitrogens with two attached hydrogens (primary N) is 2. The molecule has 7 N–H and O–H groups in total. The number of carboxylic acid groups (broad SMARTS) is 1. The van der Waals surface area contributed by atoms with Gasteiger partial charge in [-0.3, -0.25) is 23.7 Å². The number of benzene rings is 2. The van der Waals surface area contributed by atoms with Gasteiger partial charge in [-0.05, 0) is 94.0 Å². The van der Waals surface area contributed by atoms with E-state index in [1.54, 1.807) is 66.1 Å². The molecule has 6 aromatic rings. The average Bonchev–Trinajstić information content (AvgIpc) is 3.83. The van der Waals surface area contributed by atoms with Crippen LogP contribution in [0.1, 0.15) is 57.6 Å². The first-order valence-electron chi connectivity index (χ1n) is 20.3. The molecule has 2 saturated heterocycles. The van der Waals surface area contributed by atoms with Crippen LogP contribution in [-0.4, -0.2) is 84.3 Å². The number of aromatic nitrogens is 6. The van der Waals surface area contributed by atoms with E-state index in [9.17, 15) is 14.4 Å². The molecule has 64 heavy (non-hydrogen) atoms. The van der Waals surface area contributed by atoms with Crippen molar-refractivity contribution in [3.8, 4) is 22.3 Å². The summed E-state index contributed by atoms with van der Waals surface area (Å²) in [5, 5.41) is 32.4. The molecule has 2 fully saturated rings.